The third-order valence-electron chi connectivity index (χ3n) is 3.81. The SMILES string of the molecule is CN(C)C(C(=O)NCc1ccc(-n2cncn2)nc1)c1ccccc1. The third-order valence-corrected chi connectivity index (χ3v) is 3.81. The van der Waals surface area contributed by atoms with Crippen LogP contribution in [0.1, 0.15) is 17.2 Å². The molecule has 25 heavy (non-hydrogen) atoms. The molecule has 0 radical (unpaired) electrons. The Hall–Kier alpha value is -3.06. The summed E-state index contributed by atoms with van der Waals surface area (Å²) in [4.78, 5) is 22.7. The number of hydrogen-bond acceptors (Lipinski definition) is 5. The minimum atomic E-state index is -0.330. The Labute approximate surface area is 146 Å². The average Bonchev–Trinajstić information content (AvgIpc) is 3.16. The summed E-state index contributed by atoms with van der Waals surface area (Å²) in [5.41, 5.74) is 1.88. The molecule has 3 aromatic rings. The van der Waals surface area contributed by atoms with Crippen molar-refractivity contribution in [1.29, 1.82) is 0 Å². The van der Waals surface area contributed by atoms with Crippen molar-refractivity contribution in [3.63, 3.8) is 0 Å². The Morgan fingerprint density at radius 3 is 2.60 bits per heavy atom. The van der Waals surface area contributed by atoms with Crippen molar-refractivity contribution in [2.75, 3.05) is 14.1 Å². The topological polar surface area (TPSA) is 75.9 Å². The first-order chi connectivity index (χ1) is 12.1. The van der Waals surface area contributed by atoms with Crippen LogP contribution in [0.25, 0.3) is 5.82 Å². The van der Waals surface area contributed by atoms with Gasteiger partial charge in [-0.15, -0.1) is 0 Å². The second kappa shape index (κ2) is 7.67. The van der Waals surface area contributed by atoms with Gasteiger partial charge in [-0.2, -0.15) is 5.10 Å². The van der Waals surface area contributed by atoms with Gasteiger partial charge in [-0.3, -0.25) is 9.69 Å². The summed E-state index contributed by atoms with van der Waals surface area (Å²) in [6.07, 6.45) is 4.77. The monoisotopic (exact) mass is 336 g/mol. The van der Waals surface area contributed by atoms with Crippen molar-refractivity contribution in [3.05, 3.63) is 72.4 Å². The van der Waals surface area contributed by atoms with Crippen molar-refractivity contribution in [3.8, 4) is 5.82 Å². The number of nitrogens with one attached hydrogen (secondary N) is 1. The maximum Gasteiger partial charge on any atom is 0.242 e. The number of pyridine rings is 1. The second-order valence-corrected chi connectivity index (χ2v) is 5.86. The molecule has 0 fully saturated rings. The van der Waals surface area contributed by atoms with E-state index >= 15 is 0 Å². The Balaban J connectivity index is 1.65. The number of carbonyl (C=O) groups excluding carboxylic acids is 1. The highest BCUT2D eigenvalue weighted by Gasteiger charge is 2.22. The van der Waals surface area contributed by atoms with Crippen LogP contribution in [0.3, 0.4) is 0 Å². The molecule has 1 atom stereocenters. The van der Waals surface area contributed by atoms with E-state index in [1.165, 1.54) is 6.33 Å². The summed E-state index contributed by atoms with van der Waals surface area (Å²) in [5.74, 6) is 0.639. The minimum Gasteiger partial charge on any atom is -0.350 e. The number of rotatable bonds is 6. The molecule has 7 heteroatoms. The van der Waals surface area contributed by atoms with Crippen LogP contribution in [-0.4, -0.2) is 44.7 Å². The van der Waals surface area contributed by atoms with E-state index in [0.717, 1.165) is 11.1 Å². The number of hydrogen-bond donors (Lipinski definition) is 1. The highest BCUT2D eigenvalue weighted by molar-refractivity contribution is 5.83. The Morgan fingerprint density at radius 1 is 1.20 bits per heavy atom. The van der Waals surface area contributed by atoms with Gasteiger partial charge in [0.2, 0.25) is 5.91 Å². The first-order valence-electron chi connectivity index (χ1n) is 7.94. The fourth-order valence-electron chi connectivity index (χ4n) is 2.59. The number of likely N-dealkylation sites (N-methyl/N-ethyl adjacent to an activating group) is 1. The normalized spacial score (nSPS) is 12.1. The van der Waals surface area contributed by atoms with Crippen LogP contribution in [-0.2, 0) is 11.3 Å². The average molecular weight is 336 g/mol. The van der Waals surface area contributed by atoms with Crippen LogP contribution in [0.15, 0.2) is 61.3 Å². The number of nitrogens with zero attached hydrogens (tertiary/aromatic N) is 5. The molecule has 1 aromatic carbocycles. The molecule has 0 aliphatic rings. The van der Waals surface area contributed by atoms with Gasteiger partial charge >= 0.3 is 0 Å². The van der Waals surface area contributed by atoms with Crippen LogP contribution in [0.5, 0.6) is 0 Å². The van der Waals surface area contributed by atoms with Gasteiger partial charge in [-0.05, 0) is 31.3 Å². The molecule has 2 aromatic heterocycles. The lowest BCUT2D eigenvalue weighted by molar-refractivity contribution is -0.125. The van der Waals surface area contributed by atoms with Crippen LogP contribution in [0.2, 0.25) is 0 Å². The number of aromatic nitrogens is 4. The summed E-state index contributed by atoms with van der Waals surface area (Å²) in [6.45, 7) is 0.417. The molecule has 0 saturated carbocycles. The zero-order valence-electron chi connectivity index (χ0n) is 14.2. The molecule has 0 spiro atoms. The van der Waals surface area contributed by atoms with Gasteiger partial charge in [0, 0.05) is 12.7 Å². The van der Waals surface area contributed by atoms with E-state index in [1.54, 1.807) is 17.2 Å². The predicted octanol–water partition coefficient (Wildman–Crippen LogP) is 1.58. The summed E-state index contributed by atoms with van der Waals surface area (Å²) in [6, 6.07) is 13.2. The third kappa shape index (κ3) is 4.07. The van der Waals surface area contributed by atoms with E-state index in [1.807, 2.05) is 61.5 Å². The van der Waals surface area contributed by atoms with Gasteiger partial charge in [0.1, 0.15) is 18.7 Å². The molecular formula is C18H20N6O. The number of carbonyl (C=O) groups is 1. The maximum atomic E-state index is 12.6. The minimum absolute atomic E-state index is 0.0449. The Bertz CT molecular complexity index is 799. The van der Waals surface area contributed by atoms with Gasteiger partial charge in [-0.25, -0.2) is 14.6 Å². The molecule has 2 heterocycles. The smallest absolute Gasteiger partial charge is 0.242 e. The van der Waals surface area contributed by atoms with E-state index in [4.69, 9.17) is 0 Å². The zero-order valence-corrected chi connectivity index (χ0v) is 14.2. The van der Waals surface area contributed by atoms with E-state index in [9.17, 15) is 4.79 Å². The predicted molar refractivity (Wildman–Crippen MR) is 93.9 cm³/mol. The molecule has 0 aliphatic carbocycles. The lowest BCUT2D eigenvalue weighted by Gasteiger charge is -2.23. The van der Waals surface area contributed by atoms with Crippen LogP contribution < -0.4 is 5.32 Å². The van der Waals surface area contributed by atoms with Crippen LogP contribution in [0.4, 0.5) is 0 Å². The fourth-order valence-corrected chi connectivity index (χ4v) is 2.59. The lowest BCUT2D eigenvalue weighted by atomic mass is 10.1. The summed E-state index contributed by atoms with van der Waals surface area (Å²) in [5, 5.41) is 7.01. The zero-order chi connectivity index (χ0) is 17.6. The van der Waals surface area contributed by atoms with Crippen LogP contribution >= 0.6 is 0 Å². The van der Waals surface area contributed by atoms with Gasteiger partial charge in [-0.1, -0.05) is 36.4 Å². The second-order valence-electron chi connectivity index (χ2n) is 5.86. The molecule has 0 bridgehead atoms. The van der Waals surface area contributed by atoms with Gasteiger partial charge in [0.05, 0.1) is 0 Å². The molecule has 128 valence electrons. The molecule has 1 amide bonds. The van der Waals surface area contributed by atoms with Crippen molar-refractivity contribution in [2.24, 2.45) is 0 Å². The number of amides is 1. The largest absolute Gasteiger partial charge is 0.350 e. The highest BCUT2D eigenvalue weighted by Crippen LogP contribution is 2.18. The van der Waals surface area contributed by atoms with Crippen molar-refractivity contribution < 1.29 is 4.79 Å². The van der Waals surface area contributed by atoms with Gasteiger partial charge < -0.3 is 5.32 Å². The van der Waals surface area contributed by atoms with E-state index in [-0.39, 0.29) is 11.9 Å². The molecule has 0 aliphatic heterocycles. The summed E-state index contributed by atoms with van der Waals surface area (Å²) < 4.78 is 1.58. The fraction of sp³-hybridized carbons (Fsp3) is 0.222. The van der Waals surface area contributed by atoms with E-state index in [2.05, 4.69) is 20.4 Å². The quantitative estimate of drug-likeness (QED) is 0.740. The molecular weight excluding hydrogens is 316 g/mol. The molecule has 3 rings (SSSR count). The van der Waals surface area contributed by atoms with Crippen LogP contribution in [0, 0.1) is 0 Å². The van der Waals surface area contributed by atoms with Gasteiger partial charge in [0.25, 0.3) is 0 Å². The Morgan fingerprint density at radius 2 is 2.00 bits per heavy atom. The lowest BCUT2D eigenvalue weighted by Crippen LogP contribution is -2.36. The van der Waals surface area contributed by atoms with Crippen molar-refractivity contribution in [2.45, 2.75) is 12.6 Å². The Kier molecular flexibility index (Phi) is 5.15. The molecule has 1 unspecified atom stereocenters. The molecule has 1 N–H and O–H groups in total. The summed E-state index contributed by atoms with van der Waals surface area (Å²) in [7, 11) is 3.79. The first-order valence-corrected chi connectivity index (χ1v) is 7.94. The van der Waals surface area contributed by atoms with E-state index in [0.29, 0.717) is 12.4 Å². The highest BCUT2D eigenvalue weighted by atomic mass is 16.2. The van der Waals surface area contributed by atoms with E-state index < -0.39 is 0 Å². The first kappa shape index (κ1) is 16.8. The molecule has 0 saturated heterocycles. The molecule has 7 nitrogen and oxygen atoms in total. The van der Waals surface area contributed by atoms with Crippen molar-refractivity contribution >= 4 is 5.91 Å². The van der Waals surface area contributed by atoms with Gasteiger partial charge in [0.15, 0.2) is 5.82 Å². The van der Waals surface area contributed by atoms with Crippen molar-refractivity contribution in [1.82, 2.24) is 30.0 Å². The number of benzene rings is 1. The maximum absolute atomic E-state index is 12.6. The summed E-state index contributed by atoms with van der Waals surface area (Å²) >= 11 is 0. The standard InChI is InChI=1S/C18H20N6O/c1-23(2)17(15-6-4-3-5-7-15)18(25)21-11-14-8-9-16(20-10-14)24-13-19-12-22-24/h3-10,12-13,17H,11H2,1-2H3,(H,21,25).